The second-order valence-corrected chi connectivity index (χ2v) is 30.4. The maximum atomic E-state index is 10.3. The SMILES string of the molecule is CCCC(O)c1cc(-c2c[nH]c3ncc(-c4cnn(C(C)C)c4)cc23)nc(N)n1.CCCC(O[Si](C(C)C)(C(C)C)C(C)C)c1cc(-c2c[nH]c3ncc(-c4cnn(C(C)C)c4)cc23)nc(N)n1.CCCC[N+](CCCC)(CCCC)CCCC.[F-]. The number of nitrogens with two attached hydrogens (primary N) is 2. The molecule has 8 aromatic heterocycles. The van der Waals surface area contributed by atoms with E-state index in [1.165, 1.54) is 82.0 Å². The summed E-state index contributed by atoms with van der Waals surface area (Å²) in [6, 6.07) is 8.65. The number of halogens is 1. The summed E-state index contributed by atoms with van der Waals surface area (Å²) in [6.07, 6.45) is 28.9. The van der Waals surface area contributed by atoms with Gasteiger partial charge in [-0.25, -0.2) is 29.9 Å². The van der Waals surface area contributed by atoms with E-state index in [0.29, 0.717) is 46.5 Å². The van der Waals surface area contributed by atoms with Crippen molar-refractivity contribution in [2.24, 2.45) is 0 Å². The Balaban J connectivity index is 0.000000253. The highest BCUT2D eigenvalue weighted by atomic mass is 28.4. The van der Waals surface area contributed by atoms with E-state index in [0.717, 1.165) is 86.1 Å². The van der Waals surface area contributed by atoms with E-state index >= 15 is 0 Å². The molecule has 8 rings (SSSR count). The second kappa shape index (κ2) is 33.1. The molecule has 19 heteroatoms. The van der Waals surface area contributed by atoms with E-state index < -0.39 is 14.4 Å². The van der Waals surface area contributed by atoms with E-state index in [1.54, 1.807) is 6.07 Å². The van der Waals surface area contributed by atoms with E-state index in [9.17, 15) is 5.11 Å². The van der Waals surface area contributed by atoms with Crippen LogP contribution >= 0.6 is 0 Å². The molecule has 0 aliphatic rings. The first kappa shape index (κ1) is 70.4. The van der Waals surface area contributed by atoms with Crippen LogP contribution < -0.4 is 16.2 Å². The maximum absolute atomic E-state index is 10.3. The summed E-state index contributed by atoms with van der Waals surface area (Å²) < 4.78 is 12.5. The molecule has 8 heterocycles. The number of unbranched alkanes of at least 4 members (excludes halogenated alkanes) is 4. The number of pyridine rings is 2. The number of aromatic amines is 2. The Morgan fingerprint density at radius 2 is 0.919 bits per heavy atom. The van der Waals surface area contributed by atoms with Gasteiger partial charge in [-0.1, -0.05) is 122 Å². The molecule has 7 N–H and O–H groups in total. The van der Waals surface area contributed by atoms with Gasteiger partial charge in [-0.15, -0.1) is 0 Å². The Labute approximate surface area is 514 Å². The predicted octanol–water partition coefficient (Wildman–Crippen LogP) is 14.0. The van der Waals surface area contributed by atoms with Gasteiger partial charge >= 0.3 is 0 Å². The van der Waals surface area contributed by atoms with Crippen LogP contribution in [0.4, 0.5) is 11.9 Å². The number of nitrogen functional groups attached to an aromatic ring is 2. The zero-order valence-electron chi connectivity index (χ0n) is 55.1. The van der Waals surface area contributed by atoms with Gasteiger partial charge in [0.1, 0.15) is 11.3 Å². The monoisotopic (exact) mass is 1200 g/mol. The van der Waals surface area contributed by atoms with Gasteiger partial charge in [0.15, 0.2) is 0 Å². The van der Waals surface area contributed by atoms with Gasteiger partial charge in [-0.3, -0.25) is 9.36 Å². The number of fused-ring (bicyclic) bond motifs is 2. The molecule has 472 valence electrons. The number of aliphatic hydroxyl groups is 1. The topological polar surface area (TPSA) is 226 Å². The zero-order valence-corrected chi connectivity index (χ0v) is 56.1. The highest BCUT2D eigenvalue weighted by molar-refractivity contribution is 6.77. The van der Waals surface area contributed by atoms with Crippen LogP contribution in [-0.4, -0.2) is 104 Å². The van der Waals surface area contributed by atoms with Crippen LogP contribution in [0.1, 0.15) is 224 Å². The first-order valence-electron chi connectivity index (χ1n) is 32.2. The fraction of sp³-hybridized carbons (Fsp3) is 0.582. The van der Waals surface area contributed by atoms with Gasteiger partial charge in [0, 0.05) is 93.4 Å². The molecular formula is C67H106FN15O2Si. The van der Waals surface area contributed by atoms with Crippen LogP contribution in [-0.2, 0) is 4.43 Å². The molecule has 86 heavy (non-hydrogen) atoms. The number of hydrogen-bond acceptors (Lipinski definition) is 12. The largest absolute Gasteiger partial charge is 1.00 e. The fourth-order valence-corrected chi connectivity index (χ4v) is 17.7. The van der Waals surface area contributed by atoms with Gasteiger partial charge in [0.05, 0.1) is 73.6 Å². The summed E-state index contributed by atoms with van der Waals surface area (Å²) in [4.78, 5) is 33.7. The summed E-state index contributed by atoms with van der Waals surface area (Å²) in [6.45, 7) is 41.5. The summed E-state index contributed by atoms with van der Waals surface area (Å²) in [5, 5.41) is 21.2. The van der Waals surface area contributed by atoms with Crippen LogP contribution in [0.2, 0.25) is 16.6 Å². The number of nitrogens with zero attached hydrogens (tertiary/aromatic N) is 11. The van der Waals surface area contributed by atoms with Gasteiger partial charge < -0.3 is 40.2 Å². The molecule has 0 bridgehead atoms. The van der Waals surface area contributed by atoms with E-state index in [1.807, 2.05) is 59.7 Å². The lowest BCUT2D eigenvalue weighted by Gasteiger charge is -2.44. The standard InChI is InChI=1S/C30H45N7OSi.C21H25N7O.C16H36N.FH/c1-10-11-28(38-39(19(4)5,20(6)7)21(8)9)27-13-26(35-30(31)36-27)25-16-33-29-24(25)12-22(14-32-29)23-15-34-37(17-23)18(2)3;1-4-5-19(29)18-7-17(26-21(22)27-18)16-10-24-20-15(16)6-13(8-23-20)14-9-25-28(11-14)12(2)3;1-5-9-13-17(14-10-6-2,15-11-7-3)16-12-8-4;/h12-21,28H,10-11H2,1-9H3,(H,32,33)(H2,31,35,36);6-12,19,29H,4-5H2,1-3H3,(H,23,24)(H2,22,26,27);5-16H2,1-4H3;1H/q;;+1;/p-1. The number of rotatable bonds is 29. The molecule has 2 unspecified atom stereocenters. The number of nitrogens with one attached hydrogen (secondary N) is 2. The Bertz CT molecular complexity index is 3230. The van der Waals surface area contributed by atoms with E-state index in [2.05, 4.69) is 173 Å². The smallest absolute Gasteiger partial charge is 0.220 e. The third-order valence-electron chi connectivity index (χ3n) is 16.9. The van der Waals surface area contributed by atoms with Crippen molar-refractivity contribution in [3.63, 3.8) is 0 Å². The second-order valence-electron chi connectivity index (χ2n) is 25.0. The minimum atomic E-state index is -2.13. The average molecular weight is 1200 g/mol. The minimum absolute atomic E-state index is 0. The third-order valence-corrected chi connectivity index (χ3v) is 23.0. The molecule has 17 nitrogen and oxygen atoms in total. The van der Waals surface area contributed by atoms with Gasteiger partial charge in [0.2, 0.25) is 20.2 Å². The highest BCUT2D eigenvalue weighted by Crippen LogP contribution is 2.46. The number of H-pyrrole nitrogens is 2. The number of aromatic nitrogens is 12. The van der Waals surface area contributed by atoms with Gasteiger partial charge in [0.25, 0.3) is 0 Å². The summed E-state index contributed by atoms with van der Waals surface area (Å²) in [7, 11) is -2.13. The van der Waals surface area contributed by atoms with Crippen molar-refractivity contribution in [1.29, 1.82) is 0 Å². The molecule has 0 spiro atoms. The number of hydrogen-bond donors (Lipinski definition) is 5. The molecule has 0 saturated heterocycles. The minimum Gasteiger partial charge on any atom is -1.00 e. The van der Waals surface area contributed by atoms with Gasteiger partial charge in [-0.05, 0) is 107 Å². The van der Waals surface area contributed by atoms with E-state index in [-0.39, 0.29) is 22.7 Å². The molecule has 0 radical (unpaired) electrons. The Morgan fingerprint density at radius 1 is 0.523 bits per heavy atom. The average Bonchev–Trinajstić information content (AvgIpc) is 1.98. The number of anilines is 2. The normalized spacial score (nSPS) is 12.8. The van der Waals surface area contributed by atoms with Crippen molar-refractivity contribution in [3.8, 4) is 44.8 Å². The molecule has 0 fully saturated rings. The third kappa shape index (κ3) is 17.6. The van der Waals surface area contributed by atoms with Crippen LogP contribution in [0.25, 0.3) is 66.8 Å². The maximum Gasteiger partial charge on any atom is 0.220 e. The molecule has 0 aromatic carbocycles. The van der Waals surface area contributed by atoms with Crippen LogP contribution in [0.15, 0.2) is 73.8 Å². The summed E-state index contributed by atoms with van der Waals surface area (Å²) >= 11 is 0. The number of aliphatic hydroxyl groups excluding tert-OH is 1. The van der Waals surface area contributed by atoms with Crippen LogP contribution in [0, 0.1) is 0 Å². The molecular weight excluding hydrogens is 1090 g/mol. The lowest BCUT2D eigenvalue weighted by atomic mass is 10.1. The molecule has 2 atom stereocenters. The Hall–Kier alpha value is -6.41. The molecule has 0 aliphatic heterocycles. The zero-order chi connectivity index (χ0) is 62.0. The summed E-state index contributed by atoms with van der Waals surface area (Å²) in [5.41, 5.74) is 23.9. The van der Waals surface area contributed by atoms with Crippen molar-refractivity contribution < 1.29 is 18.7 Å². The lowest BCUT2D eigenvalue weighted by Crippen LogP contribution is -3.00. The Kier molecular flexibility index (Phi) is 27.1. The number of quaternary nitrogens is 1. The lowest BCUT2D eigenvalue weighted by molar-refractivity contribution is -0.929. The van der Waals surface area contributed by atoms with Crippen LogP contribution in [0.3, 0.4) is 0 Å². The van der Waals surface area contributed by atoms with Crippen molar-refractivity contribution in [1.82, 2.24) is 59.4 Å². The van der Waals surface area contributed by atoms with Crippen molar-refractivity contribution >= 4 is 42.3 Å². The van der Waals surface area contributed by atoms with Crippen molar-refractivity contribution in [2.75, 3.05) is 37.6 Å². The fourth-order valence-electron chi connectivity index (χ4n) is 12.1. The predicted molar refractivity (Wildman–Crippen MR) is 355 cm³/mol. The quantitative estimate of drug-likeness (QED) is 0.0218. The molecule has 0 saturated carbocycles. The molecule has 0 aliphatic carbocycles. The molecule has 0 amide bonds. The molecule has 8 aromatic rings. The van der Waals surface area contributed by atoms with Gasteiger partial charge in [-0.2, -0.15) is 10.2 Å². The van der Waals surface area contributed by atoms with Crippen molar-refractivity contribution in [2.45, 2.75) is 229 Å². The first-order chi connectivity index (χ1) is 40.7. The first-order valence-corrected chi connectivity index (χ1v) is 34.4. The van der Waals surface area contributed by atoms with Crippen LogP contribution in [0.5, 0.6) is 0 Å². The Morgan fingerprint density at radius 3 is 1.28 bits per heavy atom. The van der Waals surface area contributed by atoms with E-state index in [4.69, 9.17) is 20.9 Å². The van der Waals surface area contributed by atoms with Crippen molar-refractivity contribution in [3.05, 3.63) is 85.2 Å². The highest BCUT2D eigenvalue weighted by Gasteiger charge is 2.47. The summed E-state index contributed by atoms with van der Waals surface area (Å²) in [5.74, 6) is 0.402.